The first-order valence-electron chi connectivity index (χ1n) is 21.6. The van der Waals surface area contributed by atoms with Crippen molar-refractivity contribution in [2.24, 2.45) is 23.7 Å². The van der Waals surface area contributed by atoms with Crippen LogP contribution in [0.15, 0.2) is 54.6 Å². The van der Waals surface area contributed by atoms with Crippen LogP contribution in [0.5, 0.6) is 0 Å². The fourth-order valence-corrected chi connectivity index (χ4v) is 8.84. The number of ether oxygens (including phenoxy) is 2. The number of benzene rings is 2. The average Bonchev–Trinajstić information content (AvgIpc) is 3.69. The molecule has 13 heteroatoms. The molecule has 1 heterocycles. The van der Waals surface area contributed by atoms with E-state index in [4.69, 9.17) is 9.47 Å². The molecule has 1 aliphatic heterocycles. The molecule has 0 saturated carbocycles. The summed E-state index contributed by atoms with van der Waals surface area (Å²) in [5.41, 5.74) is 3.03. The van der Waals surface area contributed by atoms with Gasteiger partial charge in [-0.2, -0.15) is 0 Å². The van der Waals surface area contributed by atoms with Crippen LogP contribution in [0, 0.1) is 30.6 Å². The second-order valence-electron chi connectivity index (χ2n) is 17.5. The zero-order valence-corrected chi connectivity index (χ0v) is 38.1. The van der Waals surface area contributed by atoms with E-state index in [1.54, 1.807) is 30.9 Å². The van der Waals surface area contributed by atoms with E-state index in [0.717, 1.165) is 16.7 Å². The fraction of sp³-hybridized carbons (Fsp3) is 0.638. The molecule has 0 radical (unpaired) electrons. The van der Waals surface area contributed by atoms with Crippen LogP contribution in [0.3, 0.4) is 0 Å². The number of aliphatic carboxylic acids is 1. The Morgan fingerprint density at radius 1 is 0.867 bits per heavy atom. The van der Waals surface area contributed by atoms with Crippen LogP contribution in [-0.2, 0) is 46.4 Å². The summed E-state index contributed by atoms with van der Waals surface area (Å²) in [5.74, 6) is -3.35. The number of likely N-dealkylation sites (tertiary alicyclic amines) is 1. The number of nitrogens with zero attached hydrogens (tertiary/aromatic N) is 3. The standard InChI is InChI=1S/C47H73N5O8/c1-13-32(7)42(51(10)46(56)40(29(2)3)49-45(55)41(30(4)5)50(9)28-35-22-17-19-31(6)25-35)38(59-11)27-39(53)52-24-18-23-37(52)43(60-12)33(8)44(54)48-36(47(57)58)26-34-20-15-14-16-21-34/h14-17,19-22,25,29-30,32-33,36-38,40-43H,13,18,23-24,26-28H2,1-12H3,(H,48,54)(H,49,55)(H,57,58)/t32-,33+,36-,37-,38+,40-,41-,42-,43+/m0/s1. The molecule has 2 aromatic rings. The van der Waals surface area contributed by atoms with Gasteiger partial charge in [0.1, 0.15) is 12.1 Å². The van der Waals surface area contributed by atoms with Crippen molar-refractivity contribution < 1.29 is 38.6 Å². The summed E-state index contributed by atoms with van der Waals surface area (Å²) in [6.45, 7) is 16.7. The third-order valence-electron chi connectivity index (χ3n) is 12.3. The van der Waals surface area contributed by atoms with Gasteiger partial charge in [0.25, 0.3) is 0 Å². The summed E-state index contributed by atoms with van der Waals surface area (Å²) >= 11 is 0. The third-order valence-corrected chi connectivity index (χ3v) is 12.3. The van der Waals surface area contributed by atoms with Gasteiger partial charge in [-0.15, -0.1) is 0 Å². The molecular weight excluding hydrogens is 763 g/mol. The zero-order chi connectivity index (χ0) is 44.8. The number of likely N-dealkylation sites (N-methyl/N-ethyl adjacent to an activating group) is 2. The molecule has 1 aliphatic rings. The predicted octanol–water partition coefficient (Wildman–Crippen LogP) is 5.32. The smallest absolute Gasteiger partial charge is 0.326 e. The van der Waals surface area contributed by atoms with Crippen LogP contribution >= 0.6 is 0 Å². The fourth-order valence-electron chi connectivity index (χ4n) is 8.84. The van der Waals surface area contributed by atoms with Gasteiger partial charge >= 0.3 is 5.97 Å². The zero-order valence-electron chi connectivity index (χ0n) is 38.1. The van der Waals surface area contributed by atoms with Crippen LogP contribution < -0.4 is 10.6 Å². The van der Waals surface area contributed by atoms with E-state index in [9.17, 15) is 29.1 Å². The lowest BCUT2D eigenvalue weighted by molar-refractivity contribution is -0.148. The Morgan fingerprint density at radius 2 is 1.52 bits per heavy atom. The molecule has 3 rings (SSSR count). The number of carboxylic acid groups (broad SMARTS) is 1. The van der Waals surface area contributed by atoms with Gasteiger partial charge in [-0.3, -0.25) is 24.1 Å². The van der Waals surface area contributed by atoms with Gasteiger partial charge < -0.3 is 35.0 Å². The lowest BCUT2D eigenvalue weighted by Crippen LogP contribution is -2.60. The molecule has 1 fully saturated rings. The van der Waals surface area contributed by atoms with E-state index in [0.29, 0.717) is 32.4 Å². The molecule has 3 N–H and O–H groups in total. The van der Waals surface area contributed by atoms with Gasteiger partial charge in [0.15, 0.2) is 0 Å². The molecule has 9 atom stereocenters. The first-order chi connectivity index (χ1) is 28.4. The number of hydrogen-bond acceptors (Lipinski definition) is 8. The molecule has 60 heavy (non-hydrogen) atoms. The minimum atomic E-state index is -1.14. The Hall–Kier alpha value is -4.33. The van der Waals surface area contributed by atoms with Crippen LogP contribution in [0.4, 0.5) is 0 Å². The first kappa shape index (κ1) is 50.0. The number of methoxy groups -OCH3 is 2. The minimum absolute atomic E-state index is 0.0211. The molecular formula is C47H73N5O8. The second-order valence-corrected chi connectivity index (χ2v) is 17.5. The van der Waals surface area contributed by atoms with Gasteiger partial charge in [0, 0.05) is 40.8 Å². The molecule has 0 spiro atoms. The summed E-state index contributed by atoms with van der Waals surface area (Å²) in [6, 6.07) is 14.0. The molecule has 0 aromatic heterocycles. The molecule has 0 bridgehead atoms. The van der Waals surface area contributed by atoms with E-state index in [-0.39, 0.29) is 48.3 Å². The molecule has 4 amide bonds. The number of nitrogens with one attached hydrogen (secondary N) is 2. The van der Waals surface area contributed by atoms with Crippen LogP contribution in [0.2, 0.25) is 0 Å². The molecule has 0 aliphatic carbocycles. The molecule has 0 unspecified atom stereocenters. The van der Waals surface area contributed by atoms with Gasteiger partial charge in [-0.25, -0.2) is 4.79 Å². The van der Waals surface area contributed by atoms with Gasteiger partial charge in [0.05, 0.1) is 42.7 Å². The lowest BCUT2D eigenvalue weighted by atomic mass is 9.89. The van der Waals surface area contributed by atoms with E-state index < -0.39 is 60.2 Å². The normalized spacial score (nSPS) is 18.3. The quantitative estimate of drug-likeness (QED) is 0.135. The maximum absolute atomic E-state index is 14.5. The van der Waals surface area contributed by atoms with Crippen molar-refractivity contribution in [2.45, 2.75) is 136 Å². The van der Waals surface area contributed by atoms with Crippen molar-refractivity contribution in [3.63, 3.8) is 0 Å². The van der Waals surface area contributed by atoms with E-state index in [1.807, 2.05) is 109 Å². The highest BCUT2D eigenvalue weighted by atomic mass is 16.5. The first-order valence-corrected chi connectivity index (χ1v) is 21.6. The second kappa shape index (κ2) is 23.6. The van der Waals surface area contributed by atoms with Gasteiger partial charge in [-0.05, 0) is 55.7 Å². The number of carbonyl (C=O) groups is 5. The number of hydrogen-bond donors (Lipinski definition) is 3. The third kappa shape index (κ3) is 13.3. The van der Waals surface area contributed by atoms with Crippen molar-refractivity contribution >= 4 is 29.6 Å². The van der Waals surface area contributed by atoms with Crippen molar-refractivity contribution in [1.29, 1.82) is 0 Å². The summed E-state index contributed by atoms with van der Waals surface area (Å²) in [4.78, 5) is 74.0. The Balaban J connectivity index is 1.78. The highest BCUT2D eigenvalue weighted by Crippen LogP contribution is 2.30. The van der Waals surface area contributed by atoms with Crippen LogP contribution in [-0.4, -0.2) is 127 Å². The summed E-state index contributed by atoms with van der Waals surface area (Å²) < 4.78 is 12.0. The summed E-state index contributed by atoms with van der Waals surface area (Å²) in [6.07, 6.45) is 0.751. The maximum Gasteiger partial charge on any atom is 0.326 e. The molecule has 13 nitrogen and oxygen atoms in total. The van der Waals surface area contributed by atoms with Crippen molar-refractivity contribution in [2.75, 3.05) is 34.9 Å². The van der Waals surface area contributed by atoms with Crippen LogP contribution in [0.25, 0.3) is 0 Å². The lowest BCUT2D eigenvalue weighted by Gasteiger charge is -2.41. The topological polar surface area (TPSA) is 158 Å². The Morgan fingerprint density at radius 3 is 2.07 bits per heavy atom. The highest BCUT2D eigenvalue weighted by molar-refractivity contribution is 5.90. The van der Waals surface area contributed by atoms with E-state index >= 15 is 0 Å². The number of rotatable bonds is 23. The maximum atomic E-state index is 14.5. The average molecular weight is 836 g/mol. The Bertz CT molecular complexity index is 1710. The molecule has 2 aromatic carbocycles. The molecule has 1 saturated heterocycles. The van der Waals surface area contributed by atoms with Gasteiger partial charge in [0.2, 0.25) is 23.6 Å². The van der Waals surface area contributed by atoms with E-state index in [2.05, 4.69) is 16.7 Å². The minimum Gasteiger partial charge on any atom is -0.480 e. The van der Waals surface area contributed by atoms with E-state index in [1.165, 1.54) is 7.11 Å². The van der Waals surface area contributed by atoms with Crippen molar-refractivity contribution in [1.82, 2.24) is 25.3 Å². The van der Waals surface area contributed by atoms with Crippen LogP contribution in [0.1, 0.15) is 90.8 Å². The van der Waals surface area contributed by atoms with Crippen molar-refractivity contribution in [3.8, 4) is 0 Å². The predicted molar refractivity (Wildman–Crippen MR) is 234 cm³/mol. The molecule has 334 valence electrons. The monoisotopic (exact) mass is 836 g/mol. The number of carbonyl (C=O) groups excluding carboxylic acids is 4. The number of aryl methyl sites for hydroxylation is 1. The number of carboxylic acids is 1. The van der Waals surface area contributed by atoms with Crippen molar-refractivity contribution in [3.05, 3.63) is 71.3 Å². The summed E-state index contributed by atoms with van der Waals surface area (Å²) in [7, 11) is 6.70. The highest BCUT2D eigenvalue weighted by Gasteiger charge is 2.43. The Kier molecular flexibility index (Phi) is 19.7. The summed E-state index contributed by atoms with van der Waals surface area (Å²) in [5, 5.41) is 15.7. The Labute approximate surface area is 358 Å². The SMILES string of the molecule is CC[C@H](C)[C@@H]([C@@H](CC(=O)N1CCC[C@H]1[C@H](OC)[C@@H](C)C(=O)N[C@@H](Cc1ccccc1)C(=O)O)OC)N(C)C(=O)[C@@H](NC(=O)[C@H](C(C)C)N(C)Cc1cccc(C)c1)C(C)C. The number of amides is 4. The largest absolute Gasteiger partial charge is 0.480 e. The van der Waals surface area contributed by atoms with Gasteiger partial charge in [-0.1, -0.05) is 115 Å².